The van der Waals surface area contributed by atoms with Crippen LogP contribution in [0.3, 0.4) is 0 Å². The number of thiophene rings is 1. The highest BCUT2D eigenvalue weighted by molar-refractivity contribution is 14.1. The quantitative estimate of drug-likeness (QED) is 0.452. The topological polar surface area (TPSA) is 55.4 Å². The van der Waals surface area contributed by atoms with Crippen molar-refractivity contribution in [3.8, 4) is 0 Å². The lowest BCUT2D eigenvalue weighted by Gasteiger charge is -2.08. The van der Waals surface area contributed by atoms with Crippen molar-refractivity contribution < 1.29 is 14.3 Å². The lowest BCUT2D eigenvalue weighted by Crippen LogP contribution is -2.33. The molecule has 0 saturated heterocycles. The monoisotopic (exact) mass is 431 g/mol. The summed E-state index contributed by atoms with van der Waals surface area (Å²) in [6.45, 7) is 2.19. The molecule has 0 radical (unpaired) electrons. The number of alkyl halides is 1. The van der Waals surface area contributed by atoms with Gasteiger partial charge in [-0.25, -0.2) is 0 Å². The minimum atomic E-state index is -0.369. The molecule has 0 aliphatic heterocycles. The molecule has 1 amide bonds. The fraction of sp³-hybridized carbons (Fsp3) is 0.400. The van der Waals surface area contributed by atoms with Gasteiger partial charge in [-0.3, -0.25) is 9.59 Å². The number of rotatable bonds is 4. The molecular weight excluding hydrogens is 421 g/mol. The van der Waals surface area contributed by atoms with E-state index in [0.717, 1.165) is 9.35 Å². The van der Waals surface area contributed by atoms with Gasteiger partial charge in [-0.05, 0) is 34.5 Å². The third-order valence-electron chi connectivity index (χ3n) is 1.98. The molecule has 0 aromatic carbocycles. The van der Waals surface area contributed by atoms with Gasteiger partial charge in [0.05, 0.1) is 15.8 Å². The number of amides is 1. The van der Waals surface area contributed by atoms with Crippen LogP contribution in [0.2, 0.25) is 0 Å². The van der Waals surface area contributed by atoms with Gasteiger partial charge in [-0.2, -0.15) is 0 Å². The van der Waals surface area contributed by atoms with E-state index in [2.05, 4.69) is 26.0 Å². The van der Waals surface area contributed by atoms with Gasteiger partial charge >= 0.3 is 5.97 Å². The van der Waals surface area contributed by atoms with E-state index in [-0.39, 0.29) is 22.3 Å². The second-order valence-corrected chi connectivity index (χ2v) is 7.14. The van der Waals surface area contributed by atoms with Crippen molar-refractivity contribution in [2.24, 2.45) is 0 Å². The number of carbonyl (C=O) groups excluding carboxylic acids is 2. The van der Waals surface area contributed by atoms with Crippen molar-refractivity contribution in [2.75, 3.05) is 13.7 Å². The Labute approximate surface area is 125 Å². The highest BCUT2D eigenvalue weighted by Crippen LogP contribution is 2.27. The first kappa shape index (κ1) is 14.9. The predicted molar refractivity (Wildman–Crippen MR) is 78.9 cm³/mol. The third-order valence-corrected chi connectivity index (χ3v) is 5.06. The summed E-state index contributed by atoms with van der Waals surface area (Å²) >= 11 is 6.67. The summed E-state index contributed by atoms with van der Waals surface area (Å²) < 4.78 is 5.15. The van der Waals surface area contributed by atoms with E-state index in [1.165, 1.54) is 18.4 Å². The van der Waals surface area contributed by atoms with Gasteiger partial charge < -0.3 is 10.1 Å². The average Bonchev–Trinajstić information content (AvgIpc) is 2.65. The van der Waals surface area contributed by atoms with Crippen molar-refractivity contribution in [1.82, 2.24) is 5.32 Å². The summed E-state index contributed by atoms with van der Waals surface area (Å²) in [4.78, 5) is 23.5. The molecule has 0 aliphatic rings. The zero-order valence-corrected chi connectivity index (χ0v) is 13.8. The number of methoxy groups -OCH3 is 1. The number of halogens is 2. The van der Waals surface area contributed by atoms with E-state index in [1.807, 2.05) is 35.6 Å². The Bertz CT molecular complexity index is 416. The normalized spacial score (nSPS) is 12.0. The molecule has 17 heavy (non-hydrogen) atoms. The molecular formula is C10H11BrINO3S. The molecule has 1 aromatic rings. The Morgan fingerprint density at radius 2 is 2.29 bits per heavy atom. The van der Waals surface area contributed by atoms with Gasteiger partial charge in [0.15, 0.2) is 0 Å². The minimum Gasteiger partial charge on any atom is -0.468 e. The molecule has 1 aromatic heterocycles. The maximum atomic E-state index is 11.7. The molecule has 0 spiro atoms. The molecule has 1 heterocycles. The van der Waals surface area contributed by atoms with E-state index in [0.29, 0.717) is 4.88 Å². The van der Waals surface area contributed by atoms with Gasteiger partial charge in [0.1, 0.15) is 3.92 Å². The van der Waals surface area contributed by atoms with Crippen LogP contribution >= 0.6 is 49.9 Å². The number of nitrogens with one attached hydrogen (secondary N) is 1. The van der Waals surface area contributed by atoms with Gasteiger partial charge in [0.25, 0.3) is 5.91 Å². The first-order valence-corrected chi connectivity index (χ1v) is 7.57. The Balaban J connectivity index is 2.53. The van der Waals surface area contributed by atoms with Crippen molar-refractivity contribution in [3.63, 3.8) is 0 Å². The molecule has 1 atom stereocenters. The summed E-state index contributed by atoms with van der Waals surface area (Å²) in [5, 5.41) is 2.70. The van der Waals surface area contributed by atoms with Crippen molar-refractivity contribution in [1.29, 1.82) is 0 Å². The van der Waals surface area contributed by atoms with Gasteiger partial charge in [-0.1, -0.05) is 22.6 Å². The van der Waals surface area contributed by atoms with Gasteiger partial charge in [0, 0.05) is 6.54 Å². The zero-order chi connectivity index (χ0) is 13.0. The van der Waals surface area contributed by atoms with Gasteiger partial charge in [-0.15, -0.1) is 11.3 Å². The second kappa shape index (κ2) is 6.69. The molecule has 7 heteroatoms. The smallest absolute Gasteiger partial charge is 0.320 e. The molecule has 0 bridgehead atoms. The number of esters is 1. The van der Waals surface area contributed by atoms with E-state index >= 15 is 0 Å². The predicted octanol–water partition coefficient (Wildman–Crippen LogP) is 2.53. The highest BCUT2D eigenvalue weighted by Gasteiger charge is 2.17. The van der Waals surface area contributed by atoms with Gasteiger partial charge in [0.2, 0.25) is 0 Å². The standard InChI is InChI=1S/C10H11BrINO3S/c1-5-3-7(17-8(5)11)9(14)13-4-6(12)10(15)16-2/h3,6H,4H2,1-2H3,(H,13,14). The van der Waals surface area contributed by atoms with Crippen LogP contribution in [0, 0.1) is 6.92 Å². The number of carbonyl (C=O) groups is 2. The largest absolute Gasteiger partial charge is 0.468 e. The fourth-order valence-corrected chi connectivity index (χ4v) is 2.98. The second-order valence-electron chi connectivity index (χ2n) is 3.27. The lowest BCUT2D eigenvalue weighted by atomic mass is 10.3. The molecule has 0 aliphatic carbocycles. The van der Waals surface area contributed by atoms with Crippen molar-refractivity contribution in [2.45, 2.75) is 10.8 Å². The van der Waals surface area contributed by atoms with Crippen LogP contribution in [-0.2, 0) is 9.53 Å². The van der Waals surface area contributed by atoms with E-state index in [1.54, 1.807) is 0 Å². The van der Waals surface area contributed by atoms with Crippen LogP contribution in [0.1, 0.15) is 15.2 Å². The van der Waals surface area contributed by atoms with Crippen molar-refractivity contribution in [3.05, 3.63) is 20.3 Å². The number of hydrogen-bond donors (Lipinski definition) is 1. The van der Waals surface area contributed by atoms with E-state index in [9.17, 15) is 9.59 Å². The maximum absolute atomic E-state index is 11.7. The molecule has 1 N–H and O–H groups in total. The number of hydrogen-bond acceptors (Lipinski definition) is 4. The summed E-state index contributed by atoms with van der Waals surface area (Å²) in [5.41, 5.74) is 1.03. The minimum absolute atomic E-state index is 0.172. The molecule has 4 nitrogen and oxygen atoms in total. The first-order chi connectivity index (χ1) is 7.95. The molecule has 1 unspecified atom stereocenters. The summed E-state index contributed by atoms with van der Waals surface area (Å²) in [6, 6.07) is 1.81. The molecule has 0 saturated carbocycles. The van der Waals surface area contributed by atoms with E-state index < -0.39 is 0 Å². The van der Waals surface area contributed by atoms with Crippen LogP contribution < -0.4 is 5.32 Å². The van der Waals surface area contributed by atoms with Crippen LogP contribution in [0.4, 0.5) is 0 Å². The third kappa shape index (κ3) is 4.22. The first-order valence-electron chi connectivity index (χ1n) is 4.71. The fourth-order valence-electron chi connectivity index (χ4n) is 1.05. The zero-order valence-electron chi connectivity index (χ0n) is 9.25. The SMILES string of the molecule is COC(=O)C(I)CNC(=O)c1cc(C)c(Br)s1. The average molecular weight is 432 g/mol. The Morgan fingerprint density at radius 3 is 2.76 bits per heavy atom. The van der Waals surface area contributed by atoms with Crippen molar-refractivity contribution >= 4 is 61.7 Å². The van der Waals surface area contributed by atoms with Crippen LogP contribution in [0.25, 0.3) is 0 Å². The number of aryl methyl sites for hydroxylation is 1. The summed E-state index contributed by atoms with van der Waals surface area (Å²) in [6.07, 6.45) is 0. The Morgan fingerprint density at radius 1 is 1.65 bits per heavy atom. The Kier molecular flexibility index (Phi) is 5.87. The molecule has 1 rings (SSSR count). The summed E-state index contributed by atoms with van der Waals surface area (Å²) in [7, 11) is 1.33. The van der Waals surface area contributed by atoms with Crippen LogP contribution in [0.15, 0.2) is 9.85 Å². The summed E-state index contributed by atoms with van der Waals surface area (Å²) in [5.74, 6) is -0.510. The molecule has 0 fully saturated rings. The van der Waals surface area contributed by atoms with Crippen LogP contribution in [0.5, 0.6) is 0 Å². The van der Waals surface area contributed by atoms with Crippen LogP contribution in [-0.4, -0.2) is 29.5 Å². The maximum Gasteiger partial charge on any atom is 0.320 e. The number of ether oxygens (including phenoxy) is 1. The highest BCUT2D eigenvalue weighted by atomic mass is 127. The molecule has 94 valence electrons. The lowest BCUT2D eigenvalue weighted by molar-refractivity contribution is -0.139. The van der Waals surface area contributed by atoms with E-state index in [4.69, 9.17) is 0 Å². The Hall–Kier alpha value is -0.150.